The molecule has 1 aliphatic rings. The molecule has 1 aliphatic heterocycles. The van der Waals surface area contributed by atoms with Gasteiger partial charge < -0.3 is 9.80 Å². The predicted molar refractivity (Wildman–Crippen MR) is 75.5 cm³/mol. The summed E-state index contributed by atoms with van der Waals surface area (Å²) in [4.78, 5) is 16.1. The Bertz CT molecular complexity index is 277. The van der Waals surface area contributed by atoms with Crippen molar-refractivity contribution in [2.45, 2.75) is 37.5 Å². The third kappa shape index (κ3) is 5.13. The quantitative estimate of drug-likeness (QED) is 0.599. The monoisotopic (exact) mass is 256 g/mol. The van der Waals surface area contributed by atoms with Crippen LogP contribution < -0.4 is 0 Å². The molecule has 0 saturated carbocycles. The molecule has 1 amide bonds. The summed E-state index contributed by atoms with van der Waals surface area (Å²) in [6.07, 6.45) is 6.89. The predicted octanol–water partition coefficient (Wildman–Crippen LogP) is 1.80. The molecule has 0 spiro atoms. The van der Waals surface area contributed by atoms with Gasteiger partial charge in [-0.2, -0.15) is 12.6 Å². The zero-order valence-electron chi connectivity index (χ0n) is 11.1. The SMILES string of the molecule is CC(S)CC1CCCN1C(=O)/C=C/CN(C)C. The summed E-state index contributed by atoms with van der Waals surface area (Å²) >= 11 is 4.42. The lowest BCUT2D eigenvalue weighted by Crippen LogP contribution is -2.35. The molecular formula is C13H24N2OS. The van der Waals surface area contributed by atoms with Crippen LogP contribution in [-0.4, -0.2) is 54.2 Å². The Morgan fingerprint density at radius 1 is 1.59 bits per heavy atom. The largest absolute Gasteiger partial charge is 0.336 e. The van der Waals surface area contributed by atoms with Gasteiger partial charge in [-0.1, -0.05) is 13.0 Å². The van der Waals surface area contributed by atoms with Crippen molar-refractivity contribution in [2.24, 2.45) is 0 Å². The molecule has 0 aromatic carbocycles. The third-order valence-corrected chi connectivity index (χ3v) is 3.22. The van der Waals surface area contributed by atoms with Gasteiger partial charge in [0.15, 0.2) is 0 Å². The van der Waals surface area contributed by atoms with Crippen molar-refractivity contribution in [3.63, 3.8) is 0 Å². The first-order valence-corrected chi connectivity index (χ1v) is 6.82. The van der Waals surface area contributed by atoms with Crippen LogP contribution in [0.3, 0.4) is 0 Å². The van der Waals surface area contributed by atoms with Crippen molar-refractivity contribution < 1.29 is 4.79 Å². The van der Waals surface area contributed by atoms with Gasteiger partial charge in [0.1, 0.15) is 0 Å². The van der Waals surface area contributed by atoms with Gasteiger partial charge in [-0.15, -0.1) is 0 Å². The van der Waals surface area contributed by atoms with E-state index in [2.05, 4.69) is 19.6 Å². The van der Waals surface area contributed by atoms with Gasteiger partial charge >= 0.3 is 0 Å². The number of carbonyl (C=O) groups is 1. The number of carbonyl (C=O) groups excluding carboxylic acids is 1. The minimum Gasteiger partial charge on any atom is -0.336 e. The molecule has 2 atom stereocenters. The molecular weight excluding hydrogens is 232 g/mol. The van der Waals surface area contributed by atoms with Gasteiger partial charge in [-0.3, -0.25) is 4.79 Å². The zero-order chi connectivity index (χ0) is 12.8. The first-order valence-electron chi connectivity index (χ1n) is 6.30. The third-order valence-electron chi connectivity index (χ3n) is 3.00. The second-order valence-electron chi connectivity index (χ2n) is 5.08. The fraction of sp³-hybridized carbons (Fsp3) is 0.769. The van der Waals surface area contributed by atoms with E-state index in [1.54, 1.807) is 6.08 Å². The topological polar surface area (TPSA) is 23.6 Å². The number of nitrogens with zero attached hydrogens (tertiary/aromatic N) is 2. The van der Waals surface area contributed by atoms with E-state index in [0.29, 0.717) is 11.3 Å². The van der Waals surface area contributed by atoms with Gasteiger partial charge in [-0.05, 0) is 33.4 Å². The molecule has 4 heteroatoms. The van der Waals surface area contributed by atoms with E-state index in [1.165, 1.54) is 0 Å². The van der Waals surface area contributed by atoms with Crippen LogP contribution in [0.25, 0.3) is 0 Å². The highest BCUT2D eigenvalue weighted by Gasteiger charge is 2.27. The highest BCUT2D eigenvalue weighted by atomic mass is 32.1. The van der Waals surface area contributed by atoms with Crippen molar-refractivity contribution in [3.05, 3.63) is 12.2 Å². The van der Waals surface area contributed by atoms with Crippen LogP contribution in [0, 0.1) is 0 Å². The molecule has 1 saturated heterocycles. The first kappa shape index (κ1) is 14.6. The van der Waals surface area contributed by atoms with E-state index in [9.17, 15) is 4.79 Å². The molecule has 1 rings (SSSR count). The van der Waals surface area contributed by atoms with E-state index < -0.39 is 0 Å². The Hall–Kier alpha value is -0.480. The molecule has 0 bridgehead atoms. The Morgan fingerprint density at radius 2 is 2.29 bits per heavy atom. The van der Waals surface area contributed by atoms with Crippen LogP contribution >= 0.6 is 12.6 Å². The van der Waals surface area contributed by atoms with Crippen molar-refractivity contribution >= 4 is 18.5 Å². The van der Waals surface area contributed by atoms with Crippen molar-refractivity contribution in [3.8, 4) is 0 Å². The van der Waals surface area contributed by atoms with Gasteiger partial charge in [0.05, 0.1) is 0 Å². The Labute approximate surface area is 110 Å². The van der Waals surface area contributed by atoms with Crippen molar-refractivity contribution in [1.82, 2.24) is 9.80 Å². The van der Waals surface area contributed by atoms with Crippen LogP contribution in [0.1, 0.15) is 26.2 Å². The Morgan fingerprint density at radius 3 is 2.88 bits per heavy atom. The first-order chi connectivity index (χ1) is 8.00. The molecule has 98 valence electrons. The van der Waals surface area contributed by atoms with Crippen LogP contribution in [-0.2, 0) is 4.79 Å². The smallest absolute Gasteiger partial charge is 0.246 e. The number of amides is 1. The molecule has 0 N–H and O–H groups in total. The summed E-state index contributed by atoms with van der Waals surface area (Å²) in [6, 6.07) is 0.388. The molecule has 17 heavy (non-hydrogen) atoms. The fourth-order valence-electron chi connectivity index (χ4n) is 2.22. The molecule has 1 fully saturated rings. The van der Waals surface area contributed by atoms with Gasteiger partial charge in [-0.25, -0.2) is 0 Å². The van der Waals surface area contributed by atoms with E-state index >= 15 is 0 Å². The van der Waals surface area contributed by atoms with Gasteiger partial charge in [0.25, 0.3) is 0 Å². The molecule has 0 aliphatic carbocycles. The van der Waals surface area contributed by atoms with Crippen molar-refractivity contribution in [1.29, 1.82) is 0 Å². The second-order valence-corrected chi connectivity index (χ2v) is 5.96. The zero-order valence-corrected chi connectivity index (χ0v) is 12.0. The molecule has 3 nitrogen and oxygen atoms in total. The van der Waals surface area contributed by atoms with Crippen LogP contribution in [0.5, 0.6) is 0 Å². The standard InChI is InChI=1S/C13H24N2OS/c1-11(17)10-12-6-4-9-15(12)13(16)7-5-8-14(2)3/h5,7,11-12,17H,4,6,8-10H2,1-3H3/b7-5+. The van der Waals surface area contributed by atoms with Crippen LogP contribution in [0.15, 0.2) is 12.2 Å². The lowest BCUT2D eigenvalue weighted by Gasteiger charge is -2.24. The molecule has 0 radical (unpaired) electrons. The average Bonchev–Trinajstić information content (AvgIpc) is 2.64. The maximum Gasteiger partial charge on any atom is 0.246 e. The minimum absolute atomic E-state index is 0.156. The summed E-state index contributed by atoms with van der Waals surface area (Å²) in [7, 11) is 3.99. The van der Waals surface area contributed by atoms with Gasteiger partial charge in [0.2, 0.25) is 5.91 Å². The number of likely N-dealkylation sites (N-methyl/N-ethyl adjacent to an activating group) is 1. The molecule has 0 aromatic rings. The Balaban J connectivity index is 2.47. The van der Waals surface area contributed by atoms with Crippen molar-refractivity contribution in [2.75, 3.05) is 27.2 Å². The van der Waals surface area contributed by atoms with E-state index in [0.717, 1.165) is 32.4 Å². The average molecular weight is 256 g/mol. The van der Waals surface area contributed by atoms with Gasteiger partial charge in [0, 0.05) is 30.5 Å². The summed E-state index contributed by atoms with van der Waals surface area (Å²) in [5.41, 5.74) is 0. The van der Waals surface area contributed by atoms with Crippen LogP contribution in [0.2, 0.25) is 0 Å². The lowest BCUT2D eigenvalue weighted by atomic mass is 10.1. The number of hydrogen-bond donors (Lipinski definition) is 1. The normalized spacial score (nSPS) is 22.6. The second kappa shape index (κ2) is 7.07. The van der Waals surface area contributed by atoms with E-state index in [4.69, 9.17) is 0 Å². The highest BCUT2D eigenvalue weighted by molar-refractivity contribution is 7.80. The van der Waals surface area contributed by atoms with Crippen LogP contribution in [0.4, 0.5) is 0 Å². The molecule has 2 unspecified atom stereocenters. The summed E-state index contributed by atoms with van der Waals surface area (Å²) < 4.78 is 0. The lowest BCUT2D eigenvalue weighted by molar-refractivity contribution is -0.126. The summed E-state index contributed by atoms with van der Waals surface area (Å²) in [5.74, 6) is 0.156. The number of likely N-dealkylation sites (tertiary alicyclic amines) is 1. The fourth-order valence-corrected chi connectivity index (χ4v) is 2.47. The summed E-state index contributed by atoms with van der Waals surface area (Å²) in [5, 5.41) is 0.360. The number of hydrogen-bond acceptors (Lipinski definition) is 3. The molecule has 1 heterocycles. The maximum absolute atomic E-state index is 12.0. The minimum atomic E-state index is 0.156. The van der Waals surface area contributed by atoms with E-state index in [-0.39, 0.29) is 5.91 Å². The molecule has 0 aromatic heterocycles. The highest BCUT2D eigenvalue weighted by Crippen LogP contribution is 2.23. The van der Waals surface area contributed by atoms with E-state index in [1.807, 2.05) is 30.0 Å². The number of thiol groups is 1. The Kier molecular flexibility index (Phi) is 6.06. The summed E-state index contributed by atoms with van der Waals surface area (Å²) in [6.45, 7) is 3.80. The maximum atomic E-state index is 12.0. The number of rotatable bonds is 5.